The van der Waals surface area contributed by atoms with E-state index in [4.69, 9.17) is 18.5 Å². The standard InChI is InChI=1S/C44H84NO8P/c1-6-8-10-12-14-16-18-20-22-24-26-28-30-32-34-36-43(46)50-40-42(41-52-54(48,49)51-39-38-45(3,4)5)53-44(47)37-35-33-31-29-27-25-23-21-19-17-15-13-11-9-7-2/h26-29,42H,6-25,30-41H2,1-5H3/b28-26-,29-27-. The third-order valence-electron chi connectivity index (χ3n) is 9.44. The molecule has 0 amide bonds. The second-order valence-electron chi connectivity index (χ2n) is 16.1. The van der Waals surface area contributed by atoms with Crippen LogP contribution in [0.2, 0.25) is 0 Å². The van der Waals surface area contributed by atoms with Crippen LogP contribution in [-0.2, 0) is 32.7 Å². The molecule has 0 radical (unpaired) electrons. The molecule has 0 bridgehead atoms. The van der Waals surface area contributed by atoms with Crippen molar-refractivity contribution in [2.45, 2.75) is 200 Å². The molecule has 2 atom stereocenters. The molecule has 318 valence electrons. The summed E-state index contributed by atoms with van der Waals surface area (Å²) in [6, 6.07) is 0. The quantitative estimate of drug-likeness (QED) is 0.0198. The van der Waals surface area contributed by atoms with Gasteiger partial charge in [-0.2, -0.15) is 0 Å². The highest BCUT2D eigenvalue weighted by Gasteiger charge is 2.21. The average molecular weight is 786 g/mol. The number of nitrogens with zero attached hydrogens (tertiary/aromatic N) is 1. The summed E-state index contributed by atoms with van der Waals surface area (Å²) in [4.78, 5) is 37.5. The predicted molar refractivity (Wildman–Crippen MR) is 222 cm³/mol. The van der Waals surface area contributed by atoms with Crippen molar-refractivity contribution in [3.63, 3.8) is 0 Å². The van der Waals surface area contributed by atoms with E-state index in [0.29, 0.717) is 23.9 Å². The zero-order valence-electron chi connectivity index (χ0n) is 35.7. The minimum atomic E-state index is -4.63. The third-order valence-corrected chi connectivity index (χ3v) is 10.4. The van der Waals surface area contributed by atoms with E-state index < -0.39 is 32.5 Å². The van der Waals surface area contributed by atoms with Crippen molar-refractivity contribution < 1.29 is 42.1 Å². The minimum absolute atomic E-state index is 0.0359. The molecule has 0 fully saturated rings. The molecule has 54 heavy (non-hydrogen) atoms. The molecular formula is C44H84NO8P. The molecule has 0 aromatic carbocycles. The second-order valence-corrected chi connectivity index (χ2v) is 17.5. The molecule has 0 N–H and O–H groups in total. The van der Waals surface area contributed by atoms with Gasteiger partial charge in [-0.1, -0.05) is 141 Å². The highest BCUT2D eigenvalue weighted by molar-refractivity contribution is 7.45. The molecule has 0 saturated carbocycles. The van der Waals surface area contributed by atoms with Crippen LogP contribution >= 0.6 is 7.82 Å². The van der Waals surface area contributed by atoms with Gasteiger partial charge in [-0.3, -0.25) is 14.2 Å². The molecule has 0 rings (SSSR count). The SMILES string of the molecule is CCCCCCCCCCC/C=C\CCCCC(=O)OCC(COP(=O)([O-])OCC[N+](C)(C)C)OC(=O)CCCC/C=C\CCCCCCCCCCC. The van der Waals surface area contributed by atoms with E-state index in [0.717, 1.165) is 38.5 Å². The van der Waals surface area contributed by atoms with Gasteiger partial charge in [0.05, 0.1) is 27.7 Å². The van der Waals surface area contributed by atoms with Gasteiger partial charge in [0.25, 0.3) is 7.82 Å². The van der Waals surface area contributed by atoms with E-state index in [-0.39, 0.29) is 26.1 Å². The van der Waals surface area contributed by atoms with Gasteiger partial charge >= 0.3 is 11.9 Å². The number of allylic oxidation sites excluding steroid dienone is 4. The number of carbonyl (C=O) groups is 2. The van der Waals surface area contributed by atoms with Gasteiger partial charge in [-0.15, -0.1) is 0 Å². The minimum Gasteiger partial charge on any atom is -0.756 e. The van der Waals surface area contributed by atoms with E-state index in [1.165, 1.54) is 116 Å². The Morgan fingerprint density at radius 2 is 0.944 bits per heavy atom. The zero-order chi connectivity index (χ0) is 40.0. The fraction of sp³-hybridized carbons (Fsp3) is 0.864. The fourth-order valence-electron chi connectivity index (χ4n) is 5.94. The normalized spacial score (nSPS) is 13.8. The Hall–Kier alpha value is -1.51. The summed E-state index contributed by atoms with van der Waals surface area (Å²) in [7, 11) is 1.15. The van der Waals surface area contributed by atoms with Gasteiger partial charge < -0.3 is 27.9 Å². The van der Waals surface area contributed by atoms with E-state index in [1.54, 1.807) is 0 Å². The monoisotopic (exact) mass is 786 g/mol. The number of rotatable bonds is 40. The first kappa shape index (κ1) is 52.5. The van der Waals surface area contributed by atoms with Crippen LogP contribution in [0.4, 0.5) is 0 Å². The number of phosphoric ester groups is 1. The number of hydrogen-bond donors (Lipinski definition) is 0. The smallest absolute Gasteiger partial charge is 0.306 e. The largest absolute Gasteiger partial charge is 0.756 e. The molecule has 0 heterocycles. The van der Waals surface area contributed by atoms with Crippen molar-refractivity contribution in [3.05, 3.63) is 24.3 Å². The van der Waals surface area contributed by atoms with Crippen molar-refractivity contribution in [2.24, 2.45) is 0 Å². The summed E-state index contributed by atoms with van der Waals surface area (Å²) in [6.45, 7) is 4.19. The van der Waals surface area contributed by atoms with Gasteiger partial charge in [-0.25, -0.2) is 0 Å². The second kappa shape index (κ2) is 37.1. The first-order chi connectivity index (χ1) is 26.0. The van der Waals surface area contributed by atoms with Crippen LogP contribution in [0.25, 0.3) is 0 Å². The summed E-state index contributed by atoms with van der Waals surface area (Å²) < 4.78 is 33.8. The number of hydrogen-bond acceptors (Lipinski definition) is 8. The van der Waals surface area contributed by atoms with Crippen molar-refractivity contribution in [1.82, 2.24) is 0 Å². The van der Waals surface area contributed by atoms with Crippen molar-refractivity contribution >= 4 is 19.8 Å². The summed E-state index contributed by atoms with van der Waals surface area (Å²) >= 11 is 0. The predicted octanol–water partition coefficient (Wildman–Crippen LogP) is 11.7. The number of esters is 2. The highest BCUT2D eigenvalue weighted by atomic mass is 31.2. The summed E-state index contributed by atoms with van der Waals surface area (Å²) in [5.74, 6) is -0.882. The summed E-state index contributed by atoms with van der Waals surface area (Å²) in [5.41, 5.74) is 0. The fourth-order valence-corrected chi connectivity index (χ4v) is 6.67. The van der Waals surface area contributed by atoms with Crippen molar-refractivity contribution in [1.29, 1.82) is 0 Å². The first-order valence-electron chi connectivity index (χ1n) is 22.0. The Balaban J connectivity index is 4.41. The Morgan fingerprint density at radius 1 is 0.556 bits per heavy atom. The number of likely N-dealkylation sites (N-methyl/N-ethyl adjacent to an activating group) is 1. The molecule has 9 nitrogen and oxygen atoms in total. The first-order valence-corrected chi connectivity index (χ1v) is 23.5. The van der Waals surface area contributed by atoms with Gasteiger partial charge in [0, 0.05) is 12.8 Å². The van der Waals surface area contributed by atoms with Gasteiger partial charge in [0.1, 0.15) is 19.8 Å². The maximum Gasteiger partial charge on any atom is 0.306 e. The molecule has 0 saturated heterocycles. The maximum absolute atomic E-state index is 12.6. The summed E-state index contributed by atoms with van der Waals surface area (Å²) in [6.07, 6.45) is 39.2. The Kier molecular flexibility index (Phi) is 36.1. The van der Waals surface area contributed by atoms with Crippen LogP contribution in [0, 0.1) is 0 Å². The number of carbonyl (C=O) groups excluding carboxylic acids is 2. The molecule has 0 aliphatic rings. The third kappa shape index (κ3) is 40.2. The van der Waals surface area contributed by atoms with Crippen LogP contribution in [0.15, 0.2) is 24.3 Å². The molecule has 0 aromatic rings. The lowest BCUT2D eigenvalue weighted by atomic mass is 10.1. The average Bonchev–Trinajstić information content (AvgIpc) is 3.12. The highest BCUT2D eigenvalue weighted by Crippen LogP contribution is 2.38. The molecule has 2 unspecified atom stereocenters. The van der Waals surface area contributed by atoms with Crippen LogP contribution in [0.3, 0.4) is 0 Å². The van der Waals surface area contributed by atoms with E-state index in [9.17, 15) is 19.0 Å². The van der Waals surface area contributed by atoms with E-state index in [1.807, 2.05) is 21.1 Å². The lowest BCUT2D eigenvalue weighted by Gasteiger charge is -2.28. The number of quaternary nitrogens is 1. The van der Waals surface area contributed by atoms with Crippen LogP contribution in [0.1, 0.15) is 194 Å². The lowest BCUT2D eigenvalue weighted by molar-refractivity contribution is -0.870. The zero-order valence-corrected chi connectivity index (χ0v) is 36.6. The lowest BCUT2D eigenvalue weighted by Crippen LogP contribution is -2.37. The molecule has 10 heteroatoms. The molecule has 0 aromatic heterocycles. The van der Waals surface area contributed by atoms with Crippen molar-refractivity contribution in [2.75, 3.05) is 47.5 Å². The Morgan fingerprint density at radius 3 is 1.37 bits per heavy atom. The molecule has 0 spiro atoms. The Bertz CT molecular complexity index is 980. The molecule has 0 aliphatic heterocycles. The number of phosphoric acid groups is 1. The van der Waals surface area contributed by atoms with Gasteiger partial charge in [0.15, 0.2) is 6.10 Å². The topological polar surface area (TPSA) is 111 Å². The Labute approximate surface area is 332 Å². The summed E-state index contributed by atoms with van der Waals surface area (Å²) in [5, 5.41) is 0. The van der Waals surface area contributed by atoms with Crippen LogP contribution in [0.5, 0.6) is 0 Å². The molecule has 0 aliphatic carbocycles. The number of unbranched alkanes of at least 4 members (excludes halogenated alkanes) is 22. The molecular weight excluding hydrogens is 701 g/mol. The van der Waals surface area contributed by atoms with Crippen molar-refractivity contribution in [3.8, 4) is 0 Å². The van der Waals surface area contributed by atoms with Gasteiger partial charge in [-0.05, 0) is 64.2 Å². The van der Waals surface area contributed by atoms with Crippen LogP contribution < -0.4 is 4.89 Å². The van der Waals surface area contributed by atoms with Gasteiger partial charge in [0.2, 0.25) is 0 Å². The van der Waals surface area contributed by atoms with Crippen LogP contribution in [-0.4, -0.2) is 70.0 Å². The number of ether oxygens (including phenoxy) is 2. The van der Waals surface area contributed by atoms with E-state index >= 15 is 0 Å². The maximum atomic E-state index is 12.6. The van der Waals surface area contributed by atoms with E-state index in [2.05, 4.69) is 38.2 Å².